The maximum absolute atomic E-state index is 12.4. The highest BCUT2D eigenvalue weighted by molar-refractivity contribution is 5.99. The monoisotopic (exact) mass is 336 g/mol. The molecule has 3 aromatic rings. The van der Waals surface area contributed by atoms with Crippen LogP contribution in [0.4, 0.5) is 0 Å². The predicted molar refractivity (Wildman–Crippen MR) is 99.0 cm³/mol. The lowest BCUT2D eigenvalue weighted by Gasteiger charge is -2.12. The molecule has 0 radical (unpaired) electrons. The Labute approximate surface area is 148 Å². The number of amides is 1. The number of rotatable bonds is 4. The van der Waals surface area contributed by atoms with Gasteiger partial charge in [0, 0.05) is 23.9 Å². The first-order valence-electron chi connectivity index (χ1n) is 8.57. The van der Waals surface area contributed by atoms with Crippen LogP contribution in [0.15, 0.2) is 30.5 Å². The fourth-order valence-corrected chi connectivity index (χ4v) is 2.98. The molecule has 0 spiro atoms. The molecule has 2 aromatic heterocycles. The van der Waals surface area contributed by atoms with E-state index in [1.807, 2.05) is 27.7 Å². The van der Waals surface area contributed by atoms with Crippen molar-refractivity contribution < 1.29 is 4.79 Å². The summed E-state index contributed by atoms with van der Waals surface area (Å²) in [4.78, 5) is 17.0. The van der Waals surface area contributed by atoms with Crippen molar-refractivity contribution in [2.75, 3.05) is 0 Å². The second-order valence-corrected chi connectivity index (χ2v) is 6.85. The number of hydrogen-bond donors (Lipinski definition) is 1. The van der Waals surface area contributed by atoms with E-state index in [1.54, 1.807) is 10.7 Å². The van der Waals surface area contributed by atoms with Crippen molar-refractivity contribution in [1.29, 1.82) is 0 Å². The van der Waals surface area contributed by atoms with E-state index in [-0.39, 0.29) is 11.9 Å². The van der Waals surface area contributed by atoms with Crippen LogP contribution in [-0.4, -0.2) is 26.5 Å². The van der Waals surface area contributed by atoms with Crippen molar-refractivity contribution in [3.05, 3.63) is 64.1 Å². The molecule has 3 rings (SSSR count). The Hall–Kier alpha value is -2.69. The molecule has 0 aliphatic rings. The van der Waals surface area contributed by atoms with Crippen molar-refractivity contribution in [2.24, 2.45) is 0 Å². The maximum Gasteiger partial charge on any atom is 0.256 e. The average Bonchev–Trinajstić information content (AvgIpc) is 2.96. The van der Waals surface area contributed by atoms with Gasteiger partial charge < -0.3 is 5.32 Å². The highest BCUT2D eigenvalue weighted by Gasteiger charge is 2.18. The minimum absolute atomic E-state index is 0.0745. The van der Waals surface area contributed by atoms with Gasteiger partial charge in [0.2, 0.25) is 0 Å². The molecule has 1 amide bonds. The molecular weight excluding hydrogens is 312 g/mol. The molecule has 0 atom stereocenters. The van der Waals surface area contributed by atoms with E-state index in [9.17, 15) is 4.79 Å². The van der Waals surface area contributed by atoms with E-state index < -0.39 is 0 Å². The summed E-state index contributed by atoms with van der Waals surface area (Å²) in [5, 5.41) is 7.30. The number of fused-ring (bicyclic) bond motifs is 1. The van der Waals surface area contributed by atoms with Gasteiger partial charge in [0.25, 0.3) is 5.91 Å². The lowest BCUT2D eigenvalue weighted by molar-refractivity contribution is 0.0944. The minimum atomic E-state index is -0.136. The molecular formula is C20H24N4O. The van der Waals surface area contributed by atoms with Crippen LogP contribution in [0.5, 0.6) is 0 Å². The molecule has 0 aliphatic heterocycles. The first kappa shape index (κ1) is 17.1. The molecule has 5 heteroatoms. The van der Waals surface area contributed by atoms with Crippen LogP contribution >= 0.6 is 0 Å². The fraction of sp³-hybridized carbons (Fsp3) is 0.350. The Morgan fingerprint density at radius 2 is 1.84 bits per heavy atom. The Bertz CT molecular complexity index is 923. The SMILES string of the molecule is Cc1ccc(Cc2c(C)nc3c(C(=O)NC(C)C)cnn3c2C)cc1. The van der Waals surface area contributed by atoms with Gasteiger partial charge in [-0.2, -0.15) is 5.10 Å². The summed E-state index contributed by atoms with van der Waals surface area (Å²) in [5.74, 6) is -0.136. The summed E-state index contributed by atoms with van der Waals surface area (Å²) >= 11 is 0. The second-order valence-electron chi connectivity index (χ2n) is 6.85. The summed E-state index contributed by atoms with van der Waals surface area (Å²) in [6.07, 6.45) is 2.40. The zero-order chi connectivity index (χ0) is 18.1. The van der Waals surface area contributed by atoms with Gasteiger partial charge in [0.1, 0.15) is 5.56 Å². The summed E-state index contributed by atoms with van der Waals surface area (Å²) < 4.78 is 1.77. The zero-order valence-corrected chi connectivity index (χ0v) is 15.4. The van der Waals surface area contributed by atoms with Crippen LogP contribution in [0.3, 0.4) is 0 Å². The number of carbonyl (C=O) groups excluding carboxylic acids is 1. The van der Waals surface area contributed by atoms with E-state index in [1.165, 1.54) is 11.1 Å². The second kappa shape index (κ2) is 6.67. The number of hydrogen-bond acceptors (Lipinski definition) is 3. The molecule has 1 aromatic carbocycles. The van der Waals surface area contributed by atoms with Gasteiger partial charge in [-0.15, -0.1) is 0 Å². The highest BCUT2D eigenvalue weighted by atomic mass is 16.1. The molecule has 0 fully saturated rings. The standard InChI is InChI=1S/C20H24N4O/c1-12(2)22-20(25)18-11-21-24-15(5)17(14(4)23-19(18)24)10-16-8-6-13(3)7-9-16/h6-9,11-12H,10H2,1-5H3,(H,22,25). The molecule has 2 heterocycles. The third-order valence-electron chi connectivity index (χ3n) is 4.37. The Morgan fingerprint density at radius 1 is 1.16 bits per heavy atom. The number of nitrogens with zero attached hydrogens (tertiary/aromatic N) is 3. The van der Waals surface area contributed by atoms with Gasteiger partial charge in [0.15, 0.2) is 5.65 Å². The first-order chi connectivity index (χ1) is 11.9. The molecule has 130 valence electrons. The van der Waals surface area contributed by atoms with Crippen molar-refractivity contribution in [3.63, 3.8) is 0 Å². The third kappa shape index (κ3) is 3.40. The van der Waals surface area contributed by atoms with Gasteiger partial charge in [-0.3, -0.25) is 4.79 Å². The molecule has 0 aliphatic carbocycles. The summed E-state index contributed by atoms with van der Waals surface area (Å²) in [6.45, 7) is 9.98. The number of carbonyl (C=O) groups is 1. The first-order valence-corrected chi connectivity index (χ1v) is 8.57. The average molecular weight is 336 g/mol. The summed E-state index contributed by atoms with van der Waals surface area (Å²) in [7, 11) is 0. The number of benzene rings is 1. The molecule has 0 saturated carbocycles. The van der Waals surface area contributed by atoms with Crippen LogP contribution in [-0.2, 0) is 6.42 Å². The predicted octanol–water partition coefficient (Wildman–Crippen LogP) is 3.38. The largest absolute Gasteiger partial charge is 0.350 e. The van der Waals surface area contributed by atoms with Crippen LogP contribution in [0.2, 0.25) is 0 Å². The molecule has 0 unspecified atom stereocenters. The lowest BCUT2D eigenvalue weighted by Crippen LogP contribution is -2.30. The van der Waals surface area contributed by atoms with Gasteiger partial charge in [-0.25, -0.2) is 9.50 Å². The molecule has 1 N–H and O–H groups in total. The topological polar surface area (TPSA) is 59.3 Å². The van der Waals surface area contributed by atoms with Gasteiger partial charge in [0.05, 0.1) is 6.20 Å². The normalized spacial score (nSPS) is 11.3. The van der Waals surface area contributed by atoms with E-state index in [2.05, 4.69) is 46.6 Å². The van der Waals surface area contributed by atoms with Crippen molar-refractivity contribution >= 4 is 11.6 Å². The van der Waals surface area contributed by atoms with Crippen LogP contribution in [0, 0.1) is 20.8 Å². The van der Waals surface area contributed by atoms with Crippen molar-refractivity contribution in [1.82, 2.24) is 19.9 Å². The van der Waals surface area contributed by atoms with E-state index >= 15 is 0 Å². The van der Waals surface area contributed by atoms with Gasteiger partial charge in [-0.1, -0.05) is 29.8 Å². The third-order valence-corrected chi connectivity index (χ3v) is 4.37. The minimum Gasteiger partial charge on any atom is -0.350 e. The quantitative estimate of drug-likeness (QED) is 0.794. The Morgan fingerprint density at radius 3 is 2.48 bits per heavy atom. The highest BCUT2D eigenvalue weighted by Crippen LogP contribution is 2.20. The molecule has 5 nitrogen and oxygen atoms in total. The molecule has 25 heavy (non-hydrogen) atoms. The van der Waals surface area contributed by atoms with Gasteiger partial charge >= 0.3 is 0 Å². The Kier molecular flexibility index (Phi) is 4.57. The number of aryl methyl sites for hydroxylation is 3. The van der Waals surface area contributed by atoms with Gasteiger partial charge in [-0.05, 0) is 45.7 Å². The summed E-state index contributed by atoms with van der Waals surface area (Å²) in [6, 6.07) is 8.60. The smallest absolute Gasteiger partial charge is 0.256 e. The maximum atomic E-state index is 12.4. The molecule has 0 bridgehead atoms. The van der Waals surface area contributed by atoms with E-state index in [0.717, 1.165) is 23.4 Å². The number of nitrogens with one attached hydrogen (secondary N) is 1. The Balaban J connectivity index is 2.02. The zero-order valence-electron chi connectivity index (χ0n) is 15.4. The fourth-order valence-electron chi connectivity index (χ4n) is 2.98. The van der Waals surface area contributed by atoms with E-state index in [4.69, 9.17) is 0 Å². The van der Waals surface area contributed by atoms with E-state index in [0.29, 0.717) is 11.2 Å². The van der Waals surface area contributed by atoms with Crippen molar-refractivity contribution in [2.45, 2.75) is 47.1 Å². The van der Waals surface area contributed by atoms with Crippen LogP contribution in [0.1, 0.15) is 52.3 Å². The van der Waals surface area contributed by atoms with Crippen molar-refractivity contribution in [3.8, 4) is 0 Å². The summed E-state index contributed by atoms with van der Waals surface area (Å²) in [5.41, 5.74) is 6.72. The van der Waals surface area contributed by atoms with Crippen LogP contribution in [0.25, 0.3) is 5.65 Å². The number of aromatic nitrogens is 3. The van der Waals surface area contributed by atoms with Crippen LogP contribution < -0.4 is 5.32 Å². The lowest BCUT2D eigenvalue weighted by atomic mass is 10.0. The molecule has 0 saturated heterocycles.